The minimum absolute atomic E-state index is 0.00872. The summed E-state index contributed by atoms with van der Waals surface area (Å²) in [4.78, 5) is 23.3. The number of ether oxygens (including phenoxy) is 1. The molecule has 6 heteroatoms. The Morgan fingerprint density at radius 2 is 2.00 bits per heavy atom. The van der Waals surface area contributed by atoms with Gasteiger partial charge in [-0.15, -0.1) is 0 Å². The standard InChI is InChI=1S/C14H13NO4S/c1-8-6-20-7-11(8)13(16)15-12-4-3-9(19-2)5-10(12)14(17)18/h3-7H,1-2H3,(H,15,16)(H,17,18). The van der Waals surface area contributed by atoms with E-state index in [-0.39, 0.29) is 17.2 Å². The van der Waals surface area contributed by atoms with Crippen LogP contribution in [0.4, 0.5) is 5.69 Å². The molecule has 0 spiro atoms. The highest BCUT2D eigenvalue weighted by atomic mass is 32.1. The molecule has 1 amide bonds. The molecule has 5 nitrogen and oxygen atoms in total. The number of carboxylic acids is 1. The van der Waals surface area contributed by atoms with E-state index in [9.17, 15) is 14.7 Å². The highest BCUT2D eigenvalue weighted by molar-refractivity contribution is 7.08. The quantitative estimate of drug-likeness (QED) is 0.908. The molecule has 2 rings (SSSR count). The Morgan fingerprint density at radius 1 is 1.25 bits per heavy atom. The van der Waals surface area contributed by atoms with Crippen molar-refractivity contribution in [1.82, 2.24) is 0 Å². The fraction of sp³-hybridized carbons (Fsp3) is 0.143. The third kappa shape index (κ3) is 2.80. The van der Waals surface area contributed by atoms with Gasteiger partial charge < -0.3 is 15.2 Å². The predicted octanol–water partition coefficient (Wildman–Crippen LogP) is 3.02. The molecule has 104 valence electrons. The molecule has 0 unspecified atom stereocenters. The number of carboxylic acid groups (broad SMARTS) is 1. The first-order valence-corrected chi connectivity index (χ1v) is 6.72. The van der Waals surface area contributed by atoms with Gasteiger partial charge in [-0.05, 0) is 36.1 Å². The van der Waals surface area contributed by atoms with Crippen molar-refractivity contribution in [2.75, 3.05) is 12.4 Å². The Bertz CT molecular complexity index is 663. The second-order valence-electron chi connectivity index (χ2n) is 4.14. The number of aromatic carboxylic acids is 1. The van der Waals surface area contributed by atoms with Crippen molar-refractivity contribution in [1.29, 1.82) is 0 Å². The van der Waals surface area contributed by atoms with Crippen LogP contribution in [0, 0.1) is 6.92 Å². The van der Waals surface area contributed by atoms with Crippen LogP contribution in [-0.2, 0) is 0 Å². The van der Waals surface area contributed by atoms with Crippen molar-refractivity contribution in [3.05, 3.63) is 45.6 Å². The van der Waals surface area contributed by atoms with Crippen LogP contribution in [-0.4, -0.2) is 24.1 Å². The van der Waals surface area contributed by atoms with Crippen molar-refractivity contribution >= 4 is 28.9 Å². The molecule has 0 atom stereocenters. The van der Waals surface area contributed by atoms with Crippen LogP contribution in [0.5, 0.6) is 5.75 Å². The molecule has 2 aromatic rings. The first-order valence-electron chi connectivity index (χ1n) is 5.78. The monoisotopic (exact) mass is 291 g/mol. The summed E-state index contributed by atoms with van der Waals surface area (Å²) >= 11 is 1.42. The van der Waals surface area contributed by atoms with Crippen molar-refractivity contribution in [2.45, 2.75) is 6.92 Å². The van der Waals surface area contributed by atoms with Crippen LogP contribution in [0.2, 0.25) is 0 Å². The number of methoxy groups -OCH3 is 1. The van der Waals surface area contributed by atoms with Gasteiger partial charge in [0.1, 0.15) is 5.75 Å². The number of nitrogens with one attached hydrogen (secondary N) is 1. The highest BCUT2D eigenvalue weighted by Gasteiger charge is 2.16. The lowest BCUT2D eigenvalue weighted by Crippen LogP contribution is -2.15. The number of amides is 1. The largest absolute Gasteiger partial charge is 0.497 e. The first-order chi connectivity index (χ1) is 9.52. The Labute approximate surface area is 119 Å². The van der Waals surface area contributed by atoms with Gasteiger partial charge in [0.25, 0.3) is 5.91 Å². The zero-order chi connectivity index (χ0) is 14.7. The van der Waals surface area contributed by atoms with E-state index in [1.807, 2.05) is 12.3 Å². The number of rotatable bonds is 4. The van der Waals surface area contributed by atoms with Gasteiger partial charge in [0, 0.05) is 5.38 Å². The minimum Gasteiger partial charge on any atom is -0.497 e. The van der Waals surface area contributed by atoms with Crippen molar-refractivity contribution in [2.24, 2.45) is 0 Å². The summed E-state index contributed by atoms with van der Waals surface area (Å²) in [5.41, 5.74) is 1.64. The SMILES string of the molecule is COc1ccc(NC(=O)c2cscc2C)c(C(=O)O)c1. The van der Waals surface area contributed by atoms with E-state index < -0.39 is 5.97 Å². The van der Waals surface area contributed by atoms with E-state index in [4.69, 9.17) is 4.74 Å². The lowest BCUT2D eigenvalue weighted by Gasteiger charge is -2.10. The van der Waals surface area contributed by atoms with E-state index >= 15 is 0 Å². The number of carbonyl (C=O) groups is 2. The molecule has 0 aliphatic carbocycles. The summed E-state index contributed by atoms with van der Waals surface area (Å²) in [6, 6.07) is 4.49. The maximum absolute atomic E-state index is 12.1. The van der Waals surface area contributed by atoms with Gasteiger partial charge >= 0.3 is 5.97 Å². The molecular weight excluding hydrogens is 278 g/mol. The Kier molecular flexibility index (Phi) is 4.05. The Balaban J connectivity index is 2.32. The molecule has 0 radical (unpaired) electrons. The summed E-state index contributed by atoms with van der Waals surface area (Å²) in [6.07, 6.45) is 0. The van der Waals surface area contributed by atoms with Gasteiger partial charge in [-0.25, -0.2) is 4.79 Å². The summed E-state index contributed by atoms with van der Waals surface area (Å²) in [5.74, 6) is -1.02. The zero-order valence-electron chi connectivity index (χ0n) is 11.0. The molecule has 1 aromatic heterocycles. The minimum atomic E-state index is -1.12. The second kappa shape index (κ2) is 5.75. The van der Waals surface area contributed by atoms with Gasteiger partial charge in [-0.2, -0.15) is 11.3 Å². The van der Waals surface area contributed by atoms with Crippen LogP contribution >= 0.6 is 11.3 Å². The normalized spacial score (nSPS) is 10.1. The molecule has 1 aromatic carbocycles. The molecule has 20 heavy (non-hydrogen) atoms. The second-order valence-corrected chi connectivity index (χ2v) is 4.88. The first kappa shape index (κ1) is 14.1. The summed E-state index contributed by atoms with van der Waals surface area (Å²) in [7, 11) is 1.45. The summed E-state index contributed by atoms with van der Waals surface area (Å²) < 4.78 is 4.98. The lowest BCUT2D eigenvalue weighted by molar-refractivity contribution is 0.0697. The van der Waals surface area contributed by atoms with E-state index in [0.717, 1.165) is 5.56 Å². The Hall–Kier alpha value is -2.34. The molecule has 1 heterocycles. The average Bonchev–Trinajstić information content (AvgIpc) is 2.85. The van der Waals surface area contributed by atoms with Crippen LogP contribution in [0.25, 0.3) is 0 Å². The summed E-state index contributed by atoms with van der Waals surface area (Å²) in [6.45, 7) is 1.83. The number of carbonyl (C=O) groups excluding carboxylic acids is 1. The van der Waals surface area contributed by atoms with Gasteiger partial charge in [-0.3, -0.25) is 4.79 Å². The molecule has 0 saturated carbocycles. The van der Waals surface area contributed by atoms with E-state index in [1.54, 1.807) is 11.4 Å². The number of hydrogen-bond donors (Lipinski definition) is 2. The molecule has 0 aliphatic rings. The molecule has 0 saturated heterocycles. The van der Waals surface area contributed by atoms with Gasteiger partial charge in [-0.1, -0.05) is 0 Å². The average molecular weight is 291 g/mol. The highest BCUT2D eigenvalue weighted by Crippen LogP contribution is 2.23. The van der Waals surface area contributed by atoms with Crippen molar-refractivity contribution in [3.63, 3.8) is 0 Å². The maximum Gasteiger partial charge on any atom is 0.337 e. The van der Waals surface area contributed by atoms with Crippen LogP contribution in [0.1, 0.15) is 26.3 Å². The van der Waals surface area contributed by atoms with Crippen LogP contribution in [0.15, 0.2) is 29.0 Å². The molecule has 2 N–H and O–H groups in total. The van der Waals surface area contributed by atoms with E-state index in [0.29, 0.717) is 11.3 Å². The fourth-order valence-electron chi connectivity index (χ4n) is 1.72. The smallest absolute Gasteiger partial charge is 0.337 e. The number of thiophene rings is 1. The van der Waals surface area contributed by atoms with Crippen LogP contribution in [0.3, 0.4) is 0 Å². The molecule has 0 fully saturated rings. The van der Waals surface area contributed by atoms with E-state index in [1.165, 1.54) is 30.6 Å². The predicted molar refractivity (Wildman–Crippen MR) is 77.0 cm³/mol. The molecule has 0 bridgehead atoms. The van der Waals surface area contributed by atoms with Crippen molar-refractivity contribution < 1.29 is 19.4 Å². The van der Waals surface area contributed by atoms with Crippen LogP contribution < -0.4 is 10.1 Å². The number of anilines is 1. The summed E-state index contributed by atoms with van der Waals surface area (Å²) in [5, 5.41) is 15.4. The number of benzene rings is 1. The number of aryl methyl sites for hydroxylation is 1. The number of hydrogen-bond acceptors (Lipinski definition) is 4. The van der Waals surface area contributed by atoms with E-state index in [2.05, 4.69) is 5.32 Å². The van der Waals surface area contributed by atoms with Crippen molar-refractivity contribution in [3.8, 4) is 5.75 Å². The van der Waals surface area contributed by atoms with Gasteiger partial charge in [0.05, 0.1) is 23.9 Å². The zero-order valence-corrected chi connectivity index (χ0v) is 11.8. The molecule has 0 aliphatic heterocycles. The topological polar surface area (TPSA) is 75.6 Å². The Morgan fingerprint density at radius 3 is 2.55 bits per heavy atom. The lowest BCUT2D eigenvalue weighted by atomic mass is 10.1. The maximum atomic E-state index is 12.1. The fourth-order valence-corrected chi connectivity index (χ4v) is 2.55. The molecular formula is C14H13NO4S. The third-order valence-corrected chi connectivity index (χ3v) is 3.67. The van der Waals surface area contributed by atoms with Gasteiger partial charge in [0.2, 0.25) is 0 Å². The van der Waals surface area contributed by atoms with Gasteiger partial charge in [0.15, 0.2) is 0 Å². The third-order valence-electron chi connectivity index (χ3n) is 2.81.